The van der Waals surface area contributed by atoms with E-state index in [0.29, 0.717) is 12.1 Å². The van der Waals surface area contributed by atoms with Gasteiger partial charge in [-0.2, -0.15) is 22.0 Å². The predicted molar refractivity (Wildman–Crippen MR) is 70.2 cm³/mol. The summed E-state index contributed by atoms with van der Waals surface area (Å²) in [5.41, 5.74) is -2.47. The molecule has 0 aromatic heterocycles. The van der Waals surface area contributed by atoms with Gasteiger partial charge in [-0.25, -0.2) is 0 Å². The summed E-state index contributed by atoms with van der Waals surface area (Å²) in [6.45, 7) is -3.50. The fraction of sp³-hybridized carbons (Fsp3) is 0.200. The van der Waals surface area contributed by atoms with Crippen LogP contribution in [0.3, 0.4) is 0 Å². The molecular formula is C15H8F8O2. The van der Waals surface area contributed by atoms with Gasteiger partial charge >= 0.3 is 19.2 Å². The molecule has 0 saturated heterocycles. The van der Waals surface area contributed by atoms with Crippen molar-refractivity contribution in [1.29, 1.82) is 0 Å². The van der Waals surface area contributed by atoms with Crippen LogP contribution in [0.1, 0.15) is 5.56 Å². The maximum absolute atomic E-state index is 13.3. The summed E-state index contributed by atoms with van der Waals surface area (Å²) in [4.78, 5) is 0. The number of benzene rings is 2. The Morgan fingerprint density at radius 3 is 2.04 bits per heavy atom. The molecule has 0 saturated carbocycles. The first-order valence-electron chi connectivity index (χ1n) is 6.48. The molecule has 0 aliphatic carbocycles. The first-order chi connectivity index (χ1) is 11.5. The van der Waals surface area contributed by atoms with Crippen molar-refractivity contribution in [2.24, 2.45) is 0 Å². The molecule has 0 aliphatic heterocycles. The molecule has 10 heteroatoms. The maximum Gasteiger partial charge on any atom is 0.573 e. The van der Waals surface area contributed by atoms with Gasteiger partial charge in [-0.1, -0.05) is 24.3 Å². The Morgan fingerprint density at radius 2 is 1.48 bits per heavy atom. The molecule has 0 bridgehead atoms. The molecule has 0 N–H and O–H groups in total. The summed E-state index contributed by atoms with van der Waals surface area (Å²) in [6.07, 6.45) is -10.1. The second kappa shape index (κ2) is 6.77. The van der Waals surface area contributed by atoms with Gasteiger partial charge in [-0.05, 0) is 29.3 Å². The average molecular weight is 372 g/mol. The smallest absolute Gasteiger partial charge is 0.434 e. The third kappa shape index (κ3) is 4.97. The van der Waals surface area contributed by atoms with E-state index in [2.05, 4.69) is 9.47 Å². The minimum Gasteiger partial charge on any atom is -0.434 e. The van der Waals surface area contributed by atoms with Gasteiger partial charge in [0, 0.05) is 0 Å². The van der Waals surface area contributed by atoms with E-state index in [1.165, 1.54) is 0 Å². The lowest BCUT2D eigenvalue weighted by Crippen LogP contribution is -2.17. The molecule has 0 amide bonds. The minimum atomic E-state index is -5.08. The zero-order chi connectivity index (χ0) is 18.8. The summed E-state index contributed by atoms with van der Waals surface area (Å²) in [6, 6.07) is 6.35. The number of alkyl halides is 8. The van der Waals surface area contributed by atoms with Gasteiger partial charge in [0.2, 0.25) is 0 Å². The van der Waals surface area contributed by atoms with Gasteiger partial charge in [0.05, 0.1) is 0 Å². The van der Waals surface area contributed by atoms with Crippen LogP contribution in [-0.4, -0.2) is 13.0 Å². The van der Waals surface area contributed by atoms with Gasteiger partial charge in [0.1, 0.15) is 17.1 Å². The molecule has 0 fully saturated rings. The summed E-state index contributed by atoms with van der Waals surface area (Å²) in [7, 11) is 0. The molecule has 0 spiro atoms. The Kier molecular flexibility index (Phi) is 5.09. The Bertz CT molecular complexity index is 737. The Hall–Kier alpha value is -2.52. The van der Waals surface area contributed by atoms with Gasteiger partial charge in [-0.3, -0.25) is 0 Å². The normalized spacial score (nSPS) is 12.4. The number of halogens is 8. The van der Waals surface area contributed by atoms with Crippen LogP contribution < -0.4 is 9.47 Å². The zero-order valence-corrected chi connectivity index (χ0v) is 12.0. The molecule has 0 unspecified atom stereocenters. The molecule has 136 valence electrons. The largest absolute Gasteiger partial charge is 0.573 e. The van der Waals surface area contributed by atoms with Crippen molar-refractivity contribution in [3.8, 4) is 22.6 Å². The van der Waals surface area contributed by atoms with Crippen LogP contribution >= 0.6 is 0 Å². The van der Waals surface area contributed by atoms with Crippen LogP contribution in [0.5, 0.6) is 11.5 Å². The molecule has 25 heavy (non-hydrogen) atoms. The first kappa shape index (κ1) is 18.8. The van der Waals surface area contributed by atoms with E-state index in [4.69, 9.17) is 0 Å². The summed E-state index contributed by atoms with van der Waals surface area (Å²) in [5, 5.41) is 0. The molecular weight excluding hydrogens is 364 g/mol. The average Bonchev–Trinajstić information content (AvgIpc) is 2.43. The van der Waals surface area contributed by atoms with Crippen molar-refractivity contribution in [3.63, 3.8) is 0 Å². The van der Waals surface area contributed by atoms with Crippen molar-refractivity contribution in [3.05, 3.63) is 48.0 Å². The molecule has 2 aromatic carbocycles. The molecule has 0 aliphatic rings. The van der Waals surface area contributed by atoms with E-state index in [-0.39, 0.29) is 5.56 Å². The maximum atomic E-state index is 13.3. The van der Waals surface area contributed by atoms with E-state index < -0.39 is 41.8 Å². The highest BCUT2D eigenvalue weighted by molar-refractivity contribution is 5.72. The second-order valence-corrected chi connectivity index (χ2v) is 4.63. The fourth-order valence-corrected chi connectivity index (χ4v) is 2.12. The summed E-state index contributed by atoms with van der Waals surface area (Å²) >= 11 is 0. The number of hydrogen-bond acceptors (Lipinski definition) is 2. The molecule has 0 radical (unpaired) electrons. The Labute approximate surface area is 135 Å². The van der Waals surface area contributed by atoms with Gasteiger partial charge in [0.25, 0.3) is 0 Å². The topological polar surface area (TPSA) is 18.5 Å². The van der Waals surface area contributed by atoms with Crippen LogP contribution in [0, 0.1) is 0 Å². The lowest BCUT2D eigenvalue weighted by molar-refractivity contribution is -0.274. The van der Waals surface area contributed by atoms with Crippen molar-refractivity contribution in [1.82, 2.24) is 0 Å². The lowest BCUT2D eigenvalue weighted by Gasteiger charge is -2.18. The second-order valence-electron chi connectivity index (χ2n) is 4.63. The van der Waals surface area contributed by atoms with Crippen LogP contribution in [-0.2, 0) is 6.18 Å². The Balaban J connectivity index is 2.57. The van der Waals surface area contributed by atoms with Crippen LogP contribution in [0.4, 0.5) is 35.1 Å². The lowest BCUT2D eigenvalue weighted by atomic mass is 9.98. The van der Waals surface area contributed by atoms with Gasteiger partial charge in [-0.15, -0.1) is 13.2 Å². The quantitative estimate of drug-likeness (QED) is 0.625. The molecule has 2 aromatic rings. The van der Waals surface area contributed by atoms with Crippen LogP contribution in [0.2, 0.25) is 0 Å². The molecule has 0 heterocycles. The minimum absolute atomic E-state index is 0.311. The standard InChI is InChI=1S/C15H8F8O2/c16-13(17)24-11-6-2-5-10(12(11)14(18,19)20)8-3-1-4-9(7-8)25-15(21,22)23/h1-7,13H. The fourth-order valence-electron chi connectivity index (χ4n) is 2.12. The highest BCUT2D eigenvalue weighted by Gasteiger charge is 2.38. The monoisotopic (exact) mass is 372 g/mol. The first-order valence-corrected chi connectivity index (χ1v) is 6.48. The third-order valence-electron chi connectivity index (χ3n) is 2.90. The number of hydrogen-bond donors (Lipinski definition) is 0. The van der Waals surface area contributed by atoms with Gasteiger partial charge in [0.15, 0.2) is 0 Å². The van der Waals surface area contributed by atoms with E-state index >= 15 is 0 Å². The SMILES string of the molecule is FC(F)Oc1cccc(-c2cccc(OC(F)(F)F)c2)c1C(F)(F)F. The highest BCUT2D eigenvalue weighted by atomic mass is 19.4. The van der Waals surface area contributed by atoms with Crippen molar-refractivity contribution >= 4 is 0 Å². The van der Waals surface area contributed by atoms with E-state index in [1.807, 2.05) is 0 Å². The highest BCUT2D eigenvalue weighted by Crippen LogP contribution is 2.44. The van der Waals surface area contributed by atoms with Crippen molar-refractivity contribution in [2.75, 3.05) is 0 Å². The van der Waals surface area contributed by atoms with Crippen molar-refractivity contribution in [2.45, 2.75) is 19.2 Å². The van der Waals surface area contributed by atoms with Crippen molar-refractivity contribution < 1.29 is 44.6 Å². The molecule has 0 atom stereocenters. The summed E-state index contributed by atoms with van der Waals surface area (Å²) < 4.78 is 109. The van der Waals surface area contributed by atoms with E-state index in [9.17, 15) is 35.1 Å². The predicted octanol–water partition coefficient (Wildman–Crippen LogP) is 5.87. The van der Waals surface area contributed by atoms with Gasteiger partial charge < -0.3 is 9.47 Å². The van der Waals surface area contributed by atoms with Crippen LogP contribution in [0.15, 0.2) is 42.5 Å². The number of rotatable bonds is 4. The third-order valence-corrected chi connectivity index (χ3v) is 2.90. The summed E-state index contributed by atoms with van der Waals surface area (Å²) in [5.74, 6) is -1.89. The van der Waals surface area contributed by atoms with E-state index in [1.54, 1.807) is 0 Å². The molecule has 2 nitrogen and oxygen atoms in total. The zero-order valence-electron chi connectivity index (χ0n) is 12.0. The van der Waals surface area contributed by atoms with Crippen LogP contribution in [0.25, 0.3) is 11.1 Å². The Morgan fingerprint density at radius 1 is 0.840 bits per heavy atom. The number of ether oxygens (including phenoxy) is 2. The van der Waals surface area contributed by atoms with E-state index in [0.717, 1.165) is 30.3 Å². The molecule has 2 rings (SSSR count).